The Balaban J connectivity index is 1.28. The van der Waals surface area contributed by atoms with Crippen LogP contribution in [0.4, 0.5) is 11.4 Å². The van der Waals surface area contributed by atoms with E-state index in [-0.39, 0.29) is 23.7 Å². The van der Waals surface area contributed by atoms with Gasteiger partial charge in [0.1, 0.15) is 17.5 Å². The molecule has 0 aromatic heterocycles. The predicted molar refractivity (Wildman–Crippen MR) is 148 cm³/mol. The summed E-state index contributed by atoms with van der Waals surface area (Å²) in [5.41, 5.74) is 4.03. The van der Waals surface area contributed by atoms with Crippen molar-refractivity contribution in [1.82, 2.24) is 4.90 Å². The topological polar surface area (TPSA) is 57.6 Å². The molecule has 0 saturated carbocycles. The Labute approximate surface area is 222 Å². The summed E-state index contributed by atoms with van der Waals surface area (Å²) in [5, 5.41) is 4.21. The summed E-state index contributed by atoms with van der Waals surface area (Å²) in [7, 11) is 0. The van der Waals surface area contributed by atoms with Gasteiger partial charge in [-0.15, -0.1) is 0 Å². The molecule has 0 bridgehead atoms. The number of rotatable bonds is 7. The van der Waals surface area contributed by atoms with Crippen LogP contribution < -0.4 is 14.5 Å². The first kappa shape index (κ1) is 25.1. The molecule has 1 unspecified atom stereocenters. The minimum atomic E-state index is -0.196. The zero-order valence-electron chi connectivity index (χ0n) is 21.5. The molecule has 192 valence electrons. The number of hydrogen-bond donors (Lipinski definition) is 0. The van der Waals surface area contributed by atoms with Crippen LogP contribution in [-0.4, -0.2) is 74.4 Å². The lowest BCUT2D eigenvalue weighted by molar-refractivity contribution is -0.102. The highest BCUT2D eigenvalue weighted by atomic mass is 79.9. The van der Waals surface area contributed by atoms with E-state index in [0.29, 0.717) is 5.71 Å². The standard InChI is InChI=1S/C28H35BrN4O3/c1-19(2)35-25-8-6-5-7-24(25)32-13-11-31(12-14-32)16-26-27(22(17-34)30-36-26)33-18-28(3,4)21-15-20(29)9-10-23(21)33/h5-10,15,17,19,26-27H,11-14,16,18H2,1-4H3/t26-,27?/m0/s1. The molecule has 1 saturated heterocycles. The van der Waals surface area contributed by atoms with E-state index in [4.69, 9.17) is 9.57 Å². The van der Waals surface area contributed by atoms with Crippen LogP contribution in [0.5, 0.6) is 5.75 Å². The van der Waals surface area contributed by atoms with Crippen LogP contribution in [-0.2, 0) is 15.0 Å². The number of para-hydroxylation sites is 2. The molecular formula is C28H35BrN4O3. The maximum atomic E-state index is 12.0. The van der Waals surface area contributed by atoms with Gasteiger partial charge in [0.15, 0.2) is 12.4 Å². The molecule has 2 aromatic rings. The summed E-state index contributed by atoms with van der Waals surface area (Å²) >= 11 is 3.62. The van der Waals surface area contributed by atoms with Gasteiger partial charge in [0.2, 0.25) is 0 Å². The molecule has 3 aliphatic rings. The minimum Gasteiger partial charge on any atom is -0.489 e. The van der Waals surface area contributed by atoms with Crippen LogP contribution in [0.25, 0.3) is 0 Å². The highest BCUT2D eigenvalue weighted by Gasteiger charge is 2.46. The van der Waals surface area contributed by atoms with Gasteiger partial charge in [0.05, 0.1) is 11.8 Å². The largest absolute Gasteiger partial charge is 0.489 e. The highest BCUT2D eigenvalue weighted by molar-refractivity contribution is 9.10. The van der Waals surface area contributed by atoms with Crippen molar-refractivity contribution in [2.45, 2.75) is 51.4 Å². The fraction of sp³-hybridized carbons (Fsp3) is 0.500. The Morgan fingerprint density at radius 3 is 2.61 bits per heavy atom. The lowest BCUT2D eigenvalue weighted by Crippen LogP contribution is -2.54. The third kappa shape index (κ3) is 4.85. The number of carbonyl (C=O) groups is 1. The van der Waals surface area contributed by atoms with E-state index in [1.165, 1.54) is 5.56 Å². The third-order valence-electron chi connectivity index (χ3n) is 7.35. The lowest BCUT2D eigenvalue weighted by Gasteiger charge is -2.39. The van der Waals surface area contributed by atoms with Crippen molar-refractivity contribution in [2.24, 2.45) is 5.16 Å². The van der Waals surface area contributed by atoms with Gasteiger partial charge in [-0.2, -0.15) is 0 Å². The summed E-state index contributed by atoms with van der Waals surface area (Å²) in [6.45, 7) is 13.8. The van der Waals surface area contributed by atoms with Crippen molar-refractivity contribution in [1.29, 1.82) is 0 Å². The molecule has 0 aliphatic carbocycles. The molecule has 36 heavy (non-hydrogen) atoms. The summed E-state index contributed by atoms with van der Waals surface area (Å²) in [6.07, 6.45) is 0.800. The average molecular weight is 556 g/mol. The summed E-state index contributed by atoms with van der Waals surface area (Å²) < 4.78 is 7.12. The Bertz CT molecular complexity index is 1140. The number of carbonyl (C=O) groups excluding carboxylic acids is 1. The van der Waals surface area contributed by atoms with E-state index < -0.39 is 0 Å². The molecule has 7 nitrogen and oxygen atoms in total. The van der Waals surface area contributed by atoms with Gasteiger partial charge in [0.25, 0.3) is 0 Å². The van der Waals surface area contributed by atoms with Crippen LogP contribution in [0, 0.1) is 0 Å². The van der Waals surface area contributed by atoms with Crippen molar-refractivity contribution >= 4 is 39.3 Å². The number of hydrogen-bond acceptors (Lipinski definition) is 7. The van der Waals surface area contributed by atoms with Gasteiger partial charge < -0.3 is 19.4 Å². The van der Waals surface area contributed by atoms with Gasteiger partial charge in [-0.3, -0.25) is 9.69 Å². The summed E-state index contributed by atoms with van der Waals surface area (Å²) in [4.78, 5) is 25.0. The van der Waals surface area contributed by atoms with Gasteiger partial charge in [-0.05, 0) is 49.7 Å². The molecule has 0 N–H and O–H groups in total. The smallest absolute Gasteiger partial charge is 0.169 e. The number of benzene rings is 2. The summed E-state index contributed by atoms with van der Waals surface area (Å²) in [6, 6.07) is 14.5. The second-order valence-electron chi connectivity index (χ2n) is 10.8. The predicted octanol–water partition coefficient (Wildman–Crippen LogP) is 4.48. The molecule has 0 amide bonds. The average Bonchev–Trinajstić information content (AvgIpc) is 3.36. The first-order chi connectivity index (χ1) is 17.3. The zero-order chi connectivity index (χ0) is 25.4. The van der Waals surface area contributed by atoms with Crippen molar-refractivity contribution in [3.63, 3.8) is 0 Å². The maximum Gasteiger partial charge on any atom is 0.169 e. The van der Waals surface area contributed by atoms with Gasteiger partial charge in [0, 0.05) is 54.8 Å². The van der Waals surface area contributed by atoms with Crippen LogP contribution in [0.2, 0.25) is 0 Å². The Morgan fingerprint density at radius 1 is 1.14 bits per heavy atom. The lowest BCUT2D eigenvalue weighted by atomic mass is 9.87. The van der Waals surface area contributed by atoms with E-state index in [9.17, 15) is 4.79 Å². The van der Waals surface area contributed by atoms with Crippen molar-refractivity contribution in [2.75, 3.05) is 49.1 Å². The molecule has 2 atom stereocenters. The molecule has 3 heterocycles. The number of anilines is 2. The quantitative estimate of drug-likeness (QED) is 0.470. The maximum absolute atomic E-state index is 12.0. The van der Waals surface area contributed by atoms with E-state index >= 15 is 0 Å². The Kier molecular flexibility index (Phi) is 7.01. The number of oxime groups is 1. The number of halogens is 1. The van der Waals surface area contributed by atoms with Gasteiger partial charge in [-0.25, -0.2) is 0 Å². The monoisotopic (exact) mass is 554 g/mol. The normalized spacial score (nSPS) is 23.4. The number of piperazine rings is 1. The zero-order valence-corrected chi connectivity index (χ0v) is 23.1. The fourth-order valence-electron chi connectivity index (χ4n) is 5.66. The Morgan fingerprint density at radius 2 is 1.89 bits per heavy atom. The number of aldehydes is 1. The molecule has 8 heteroatoms. The fourth-order valence-corrected chi connectivity index (χ4v) is 6.02. The van der Waals surface area contributed by atoms with Crippen molar-refractivity contribution in [3.8, 4) is 5.75 Å². The van der Waals surface area contributed by atoms with Crippen LogP contribution in [0.15, 0.2) is 52.1 Å². The van der Waals surface area contributed by atoms with Gasteiger partial charge in [-0.1, -0.05) is 47.1 Å². The second kappa shape index (κ2) is 10.1. The third-order valence-corrected chi connectivity index (χ3v) is 7.84. The summed E-state index contributed by atoms with van der Waals surface area (Å²) in [5.74, 6) is 0.936. The van der Waals surface area contributed by atoms with Crippen molar-refractivity contribution < 1.29 is 14.4 Å². The van der Waals surface area contributed by atoms with E-state index in [1.807, 2.05) is 12.1 Å². The van der Waals surface area contributed by atoms with Crippen LogP contribution in [0.3, 0.4) is 0 Å². The first-order valence-electron chi connectivity index (χ1n) is 12.8. The number of ether oxygens (including phenoxy) is 1. The van der Waals surface area contributed by atoms with E-state index in [2.05, 4.69) is 93.8 Å². The molecule has 0 spiro atoms. The van der Waals surface area contributed by atoms with E-state index in [0.717, 1.165) is 67.2 Å². The molecule has 0 radical (unpaired) electrons. The van der Waals surface area contributed by atoms with E-state index in [1.54, 1.807) is 0 Å². The molecular weight excluding hydrogens is 520 g/mol. The molecule has 1 fully saturated rings. The number of fused-ring (bicyclic) bond motifs is 1. The molecule has 2 aromatic carbocycles. The van der Waals surface area contributed by atoms with Crippen LogP contribution in [0.1, 0.15) is 33.3 Å². The Hall–Kier alpha value is -2.58. The van der Waals surface area contributed by atoms with Crippen LogP contribution >= 0.6 is 15.9 Å². The van der Waals surface area contributed by atoms with Crippen molar-refractivity contribution in [3.05, 3.63) is 52.5 Å². The first-order valence-corrected chi connectivity index (χ1v) is 13.5. The highest BCUT2D eigenvalue weighted by Crippen LogP contribution is 2.44. The number of nitrogens with zero attached hydrogens (tertiary/aromatic N) is 4. The molecule has 5 rings (SSSR count). The second-order valence-corrected chi connectivity index (χ2v) is 11.7. The van der Waals surface area contributed by atoms with Gasteiger partial charge >= 0.3 is 0 Å². The SMILES string of the molecule is CC(C)Oc1ccccc1N1CCN(C[C@@H]2ON=C(C=O)C2N2CC(C)(C)c3cc(Br)ccc32)CC1. The molecule has 3 aliphatic heterocycles. The minimum absolute atomic E-state index is 0.0304.